The third kappa shape index (κ3) is 3.48. The van der Waals surface area contributed by atoms with Crippen molar-refractivity contribution in [1.82, 2.24) is 0 Å². The molecular formula is C14H26O. The molecule has 0 bridgehead atoms. The van der Waals surface area contributed by atoms with Crippen LogP contribution in [0.25, 0.3) is 0 Å². The molecule has 2 aliphatic rings. The highest BCUT2D eigenvalue weighted by Gasteiger charge is 2.28. The number of hydrogen-bond donors (Lipinski definition) is 0. The molecule has 2 aliphatic carbocycles. The molecule has 0 N–H and O–H groups in total. The van der Waals surface area contributed by atoms with Gasteiger partial charge in [-0.05, 0) is 43.9 Å². The van der Waals surface area contributed by atoms with Gasteiger partial charge in [-0.25, -0.2) is 0 Å². The molecule has 0 heterocycles. The molecule has 0 amide bonds. The summed E-state index contributed by atoms with van der Waals surface area (Å²) >= 11 is 0. The first-order valence-electron chi connectivity index (χ1n) is 6.81. The van der Waals surface area contributed by atoms with Crippen molar-refractivity contribution in [3.63, 3.8) is 0 Å². The van der Waals surface area contributed by atoms with Crippen LogP contribution in [-0.2, 0) is 4.74 Å². The molecule has 0 unspecified atom stereocenters. The van der Waals surface area contributed by atoms with Crippen LogP contribution in [-0.4, -0.2) is 12.2 Å². The molecule has 0 aromatic rings. The topological polar surface area (TPSA) is 9.23 Å². The van der Waals surface area contributed by atoms with Gasteiger partial charge in [-0.2, -0.15) is 0 Å². The second-order valence-corrected chi connectivity index (χ2v) is 6.26. The Morgan fingerprint density at radius 2 is 1.33 bits per heavy atom. The van der Waals surface area contributed by atoms with Gasteiger partial charge in [-0.3, -0.25) is 0 Å². The molecule has 2 saturated carbocycles. The van der Waals surface area contributed by atoms with E-state index in [1.165, 1.54) is 57.8 Å². The van der Waals surface area contributed by atoms with Crippen molar-refractivity contribution in [2.24, 2.45) is 5.41 Å². The summed E-state index contributed by atoms with van der Waals surface area (Å²) in [6.07, 6.45) is 13.3. The average molecular weight is 210 g/mol. The van der Waals surface area contributed by atoms with Gasteiger partial charge in [0.2, 0.25) is 0 Å². The second kappa shape index (κ2) is 4.86. The number of ether oxygens (including phenoxy) is 1. The molecule has 0 aromatic heterocycles. The van der Waals surface area contributed by atoms with E-state index in [9.17, 15) is 0 Å². The van der Waals surface area contributed by atoms with Gasteiger partial charge in [0.1, 0.15) is 0 Å². The Morgan fingerprint density at radius 1 is 0.800 bits per heavy atom. The maximum absolute atomic E-state index is 6.23. The summed E-state index contributed by atoms with van der Waals surface area (Å²) in [6, 6.07) is 0. The van der Waals surface area contributed by atoms with Gasteiger partial charge >= 0.3 is 0 Å². The lowest BCUT2D eigenvalue weighted by Crippen LogP contribution is -2.30. The molecular weight excluding hydrogens is 184 g/mol. The highest BCUT2D eigenvalue weighted by molar-refractivity contribution is 4.80. The van der Waals surface area contributed by atoms with E-state index in [-0.39, 0.29) is 0 Å². The minimum absolute atomic E-state index is 0.576. The Balaban J connectivity index is 1.71. The fourth-order valence-corrected chi connectivity index (χ4v) is 2.98. The minimum atomic E-state index is 0.576. The van der Waals surface area contributed by atoms with E-state index < -0.39 is 0 Å². The highest BCUT2D eigenvalue weighted by atomic mass is 16.5. The Hall–Kier alpha value is -0.0400. The quantitative estimate of drug-likeness (QED) is 0.660. The molecule has 1 heteroatoms. The number of rotatable bonds is 2. The average Bonchev–Trinajstić information content (AvgIpc) is 2.23. The smallest absolute Gasteiger partial charge is 0.0579 e. The fourth-order valence-electron chi connectivity index (χ4n) is 2.98. The largest absolute Gasteiger partial charge is 0.375 e. The third-order valence-electron chi connectivity index (χ3n) is 4.22. The van der Waals surface area contributed by atoms with Crippen LogP contribution in [0.15, 0.2) is 0 Å². The van der Waals surface area contributed by atoms with E-state index in [4.69, 9.17) is 4.74 Å². The first kappa shape index (κ1) is 11.4. The lowest BCUT2D eigenvalue weighted by atomic mass is 9.76. The lowest BCUT2D eigenvalue weighted by Gasteiger charge is -2.36. The van der Waals surface area contributed by atoms with Crippen LogP contribution in [0.5, 0.6) is 0 Å². The van der Waals surface area contributed by atoms with Crippen LogP contribution >= 0.6 is 0 Å². The van der Waals surface area contributed by atoms with Gasteiger partial charge in [0, 0.05) is 0 Å². The zero-order valence-electron chi connectivity index (χ0n) is 10.4. The molecule has 2 rings (SSSR count). The van der Waals surface area contributed by atoms with Crippen molar-refractivity contribution in [1.29, 1.82) is 0 Å². The van der Waals surface area contributed by atoms with E-state index in [0.29, 0.717) is 17.6 Å². The summed E-state index contributed by atoms with van der Waals surface area (Å²) in [4.78, 5) is 0. The highest BCUT2D eigenvalue weighted by Crippen LogP contribution is 2.37. The Bertz CT molecular complexity index is 182. The molecule has 0 spiro atoms. The van der Waals surface area contributed by atoms with Crippen LogP contribution in [0.4, 0.5) is 0 Å². The van der Waals surface area contributed by atoms with Gasteiger partial charge in [0.05, 0.1) is 12.2 Å². The maximum Gasteiger partial charge on any atom is 0.0579 e. The molecule has 15 heavy (non-hydrogen) atoms. The van der Waals surface area contributed by atoms with Crippen LogP contribution in [0.2, 0.25) is 0 Å². The molecule has 1 nitrogen and oxygen atoms in total. The van der Waals surface area contributed by atoms with Crippen LogP contribution in [0.1, 0.15) is 71.6 Å². The van der Waals surface area contributed by atoms with Crippen LogP contribution in [0.3, 0.4) is 0 Å². The van der Waals surface area contributed by atoms with Gasteiger partial charge < -0.3 is 4.74 Å². The van der Waals surface area contributed by atoms with Crippen molar-refractivity contribution in [3.05, 3.63) is 0 Å². The van der Waals surface area contributed by atoms with Crippen molar-refractivity contribution >= 4 is 0 Å². The first-order valence-corrected chi connectivity index (χ1v) is 6.81. The molecule has 0 atom stereocenters. The number of hydrogen-bond acceptors (Lipinski definition) is 1. The van der Waals surface area contributed by atoms with Gasteiger partial charge in [0.25, 0.3) is 0 Å². The molecule has 0 radical (unpaired) electrons. The summed E-state index contributed by atoms with van der Waals surface area (Å²) in [5, 5.41) is 0. The standard InChI is InChI=1S/C14H26O/c1-14(2)10-8-13(9-11-14)15-12-6-4-3-5-7-12/h12-13H,3-11H2,1-2H3. The van der Waals surface area contributed by atoms with E-state index in [1.807, 2.05) is 0 Å². The predicted octanol–water partition coefficient (Wildman–Crippen LogP) is 4.30. The molecule has 0 aliphatic heterocycles. The lowest BCUT2D eigenvalue weighted by molar-refractivity contribution is -0.0583. The van der Waals surface area contributed by atoms with Crippen LogP contribution in [0, 0.1) is 5.41 Å². The minimum Gasteiger partial charge on any atom is -0.375 e. The summed E-state index contributed by atoms with van der Waals surface area (Å²) in [5.74, 6) is 0. The second-order valence-electron chi connectivity index (χ2n) is 6.26. The van der Waals surface area contributed by atoms with E-state index in [0.717, 1.165) is 0 Å². The normalized spacial score (nSPS) is 29.2. The Morgan fingerprint density at radius 3 is 1.93 bits per heavy atom. The maximum atomic E-state index is 6.23. The van der Waals surface area contributed by atoms with Gasteiger partial charge in [-0.15, -0.1) is 0 Å². The molecule has 0 saturated heterocycles. The predicted molar refractivity (Wildman–Crippen MR) is 64.0 cm³/mol. The van der Waals surface area contributed by atoms with Crippen molar-refractivity contribution in [3.8, 4) is 0 Å². The molecule has 2 fully saturated rings. The van der Waals surface area contributed by atoms with Crippen molar-refractivity contribution in [2.45, 2.75) is 83.8 Å². The summed E-state index contributed by atoms with van der Waals surface area (Å²) < 4.78 is 6.23. The summed E-state index contributed by atoms with van der Waals surface area (Å²) in [5.41, 5.74) is 0.576. The fraction of sp³-hybridized carbons (Fsp3) is 1.00. The zero-order valence-corrected chi connectivity index (χ0v) is 10.4. The monoisotopic (exact) mass is 210 g/mol. The van der Waals surface area contributed by atoms with E-state index >= 15 is 0 Å². The first-order chi connectivity index (χ1) is 7.16. The molecule has 0 aromatic carbocycles. The van der Waals surface area contributed by atoms with Gasteiger partial charge in [0.15, 0.2) is 0 Å². The summed E-state index contributed by atoms with van der Waals surface area (Å²) in [7, 11) is 0. The van der Waals surface area contributed by atoms with Crippen LogP contribution < -0.4 is 0 Å². The molecule has 88 valence electrons. The summed E-state index contributed by atoms with van der Waals surface area (Å²) in [6.45, 7) is 4.79. The van der Waals surface area contributed by atoms with Crippen molar-refractivity contribution < 1.29 is 4.74 Å². The SMILES string of the molecule is CC1(C)CCC(OC2CCCCC2)CC1. The zero-order chi connectivity index (χ0) is 10.7. The van der Waals surface area contributed by atoms with Gasteiger partial charge in [-0.1, -0.05) is 33.1 Å². The van der Waals surface area contributed by atoms with E-state index in [2.05, 4.69) is 13.8 Å². The Labute approximate surface area is 94.6 Å². The van der Waals surface area contributed by atoms with Crippen molar-refractivity contribution in [2.75, 3.05) is 0 Å². The Kier molecular flexibility index (Phi) is 3.71. The third-order valence-corrected chi connectivity index (χ3v) is 4.22. The van der Waals surface area contributed by atoms with E-state index in [1.54, 1.807) is 0 Å².